The molecule has 1 aliphatic heterocycles. The Morgan fingerprint density at radius 3 is 2.70 bits per heavy atom. The van der Waals surface area contributed by atoms with Gasteiger partial charge in [-0.3, -0.25) is 9.78 Å². The number of pyridine rings is 1. The molecular weight excluding hydrogens is 349 g/mol. The van der Waals surface area contributed by atoms with Gasteiger partial charge in [-0.25, -0.2) is 4.39 Å². The SMILES string of the molecule is O=c1c2cccnc2c(-c2cccc3c2OCO3)nn1-c1ccc(F)cc1. The number of ether oxygens (including phenoxy) is 2. The Kier molecular flexibility index (Phi) is 3.39. The number of nitrogens with zero attached hydrogens (tertiary/aromatic N) is 3. The summed E-state index contributed by atoms with van der Waals surface area (Å²) in [7, 11) is 0. The molecule has 0 saturated carbocycles. The molecule has 2 aromatic carbocycles. The van der Waals surface area contributed by atoms with Crippen LogP contribution < -0.4 is 15.0 Å². The lowest BCUT2D eigenvalue weighted by atomic mass is 10.1. The van der Waals surface area contributed by atoms with Crippen molar-refractivity contribution in [3.8, 4) is 28.4 Å². The summed E-state index contributed by atoms with van der Waals surface area (Å²) in [5.41, 5.74) is 1.74. The van der Waals surface area contributed by atoms with Crippen molar-refractivity contribution in [1.82, 2.24) is 14.8 Å². The average molecular weight is 361 g/mol. The van der Waals surface area contributed by atoms with E-state index >= 15 is 0 Å². The zero-order valence-electron chi connectivity index (χ0n) is 13.9. The van der Waals surface area contributed by atoms with Gasteiger partial charge in [0.05, 0.1) is 16.6 Å². The third kappa shape index (κ3) is 2.43. The predicted octanol–water partition coefficient (Wildman–Crippen LogP) is 3.32. The minimum absolute atomic E-state index is 0.120. The molecule has 4 aromatic rings. The second-order valence-electron chi connectivity index (χ2n) is 5.98. The monoisotopic (exact) mass is 361 g/mol. The standard InChI is InChI=1S/C20H12FN3O3/c21-12-6-8-13(9-7-12)24-20(25)15-4-2-10-22-17(15)18(23-24)14-3-1-5-16-19(14)27-11-26-16/h1-10H,11H2. The summed E-state index contributed by atoms with van der Waals surface area (Å²) in [5.74, 6) is 0.778. The van der Waals surface area contributed by atoms with Gasteiger partial charge in [0.2, 0.25) is 6.79 Å². The number of fused-ring (bicyclic) bond motifs is 2. The van der Waals surface area contributed by atoms with Crippen molar-refractivity contribution in [2.75, 3.05) is 6.79 Å². The summed E-state index contributed by atoms with van der Waals surface area (Å²) >= 11 is 0. The summed E-state index contributed by atoms with van der Waals surface area (Å²) in [6.45, 7) is 0.120. The predicted molar refractivity (Wildman–Crippen MR) is 96.7 cm³/mol. The van der Waals surface area contributed by atoms with Crippen molar-refractivity contribution in [2.24, 2.45) is 0 Å². The third-order valence-electron chi connectivity index (χ3n) is 4.38. The molecule has 0 unspecified atom stereocenters. The lowest BCUT2D eigenvalue weighted by molar-refractivity contribution is 0.174. The second kappa shape index (κ2) is 5.91. The molecule has 5 rings (SSSR count). The van der Waals surface area contributed by atoms with Crippen LogP contribution in [0.1, 0.15) is 0 Å². The molecule has 0 N–H and O–H groups in total. The van der Waals surface area contributed by atoms with E-state index in [1.165, 1.54) is 28.9 Å². The zero-order chi connectivity index (χ0) is 18.4. The summed E-state index contributed by atoms with van der Waals surface area (Å²) in [6.07, 6.45) is 1.61. The van der Waals surface area contributed by atoms with Gasteiger partial charge in [0.1, 0.15) is 17.0 Å². The largest absolute Gasteiger partial charge is 0.454 e. The Hall–Kier alpha value is -3.74. The highest BCUT2D eigenvalue weighted by Crippen LogP contribution is 2.41. The molecule has 0 atom stereocenters. The van der Waals surface area contributed by atoms with E-state index in [0.717, 1.165) is 0 Å². The number of halogens is 1. The van der Waals surface area contributed by atoms with Crippen molar-refractivity contribution in [2.45, 2.75) is 0 Å². The molecular formula is C20H12FN3O3. The molecule has 0 aliphatic carbocycles. The Balaban J connectivity index is 1.85. The minimum atomic E-state index is -0.388. The molecule has 0 radical (unpaired) electrons. The van der Waals surface area contributed by atoms with Gasteiger partial charge in [-0.05, 0) is 48.5 Å². The lowest BCUT2D eigenvalue weighted by Crippen LogP contribution is -2.22. The second-order valence-corrected chi connectivity index (χ2v) is 5.98. The number of hydrogen-bond donors (Lipinski definition) is 0. The number of para-hydroxylation sites is 1. The number of aromatic nitrogens is 3. The fourth-order valence-corrected chi connectivity index (χ4v) is 3.13. The normalized spacial score (nSPS) is 12.5. The van der Waals surface area contributed by atoms with Crippen LogP contribution in [0.4, 0.5) is 4.39 Å². The molecule has 0 spiro atoms. The first kappa shape index (κ1) is 15.5. The quantitative estimate of drug-likeness (QED) is 0.548. The van der Waals surface area contributed by atoms with E-state index in [4.69, 9.17) is 9.47 Å². The fourth-order valence-electron chi connectivity index (χ4n) is 3.13. The van der Waals surface area contributed by atoms with Crippen molar-refractivity contribution in [1.29, 1.82) is 0 Å². The maximum Gasteiger partial charge on any atom is 0.280 e. The van der Waals surface area contributed by atoms with Gasteiger partial charge in [-0.1, -0.05) is 6.07 Å². The van der Waals surface area contributed by atoms with Crippen LogP contribution in [0.5, 0.6) is 11.5 Å². The summed E-state index contributed by atoms with van der Waals surface area (Å²) < 4.78 is 25.6. The first-order valence-corrected chi connectivity index (χ1v) is 8.25. The van der Waals surface area contributed by atoms with Crippen LogP contribution >= 0.6 is 0 Å². The van der Waals surface area contributed by atoms with Gasteiger partial charge in [-0.15, -0.1) is 0 Å². The van der Waals surface area contributed by atoms with E-state index in [2.05, 4.69) is 10.1 Å². The molecule has 132 valence electrons. The Bertz CT molecular complexity index is 1240. The van der Waals surface area contributed by atoms with Crippen LogP contribution in [0, 0.1) is 5.82 Å². The topological polar surface area (TPSA) is 66.2 Å². The van der Waals surface area contributed by atoms with Crippen LogP contribution in [-0.4, -0.2) is 21.6 Å². The molecule has 6 nitrogen and oxygen atoms in total. The number of rotatable bonds is 2. The van der Waals surface area contributed by atoms with Crippen LogP contribution in [-0.2, 0) is 0 Å². The van der Waals surface area contributed by atoms with Gasteiger partial charge in [0, 0.05) is 6.20 Å². The van der Waals surface area contributed by atoms with Crippen LogP contribution in [0.25, 0.3) is 27.8 Å². The van der Waals surface area contributed by atoms with Crippen LogP contribution in [0.15, 0.2) is 65.6 Å². The van der Waals surface area contributed by atoms with Gasteiger partial charge in [0.25, 0.3) is 5.56 Å². The first-order chi connectivity index (χ1) is 13.2. The molecule has 0 amide bonds. The smallest absolute Gasteiger partial charge is 0.280 e. The number of hydrogen-bond acceptors (Lipinski definition) is 5. The van der Waals surface area contributed by atoms with Gasteiger partial charge in [-0.2, -0.15) is 9.78 Å². The molecule has 7 heteroatoms. The molecule has 0 fully saturated rings. The molecule has 0 bridgehead atoms. The fraction of sp³-hybridized carbons (Fsp3) is 0.0500. The number of benzene rings is 2. The maximum atomic E-state index is 13.3. The van der Waals surface area contributed by atoms with Gasteiger partial charge in [0.15, 0.2) is 11.5 Å². The molecule has 3 heterocycles. The minimum Gasteiger partial charge on any atom is -0.454 e. The molecule has 27 heavy (non-hydrogen) atoms. The summed E-state index contributed by atoms with van der Waals surface area (Å²) in [4.78, 5) is 17.3. The Morgan fingerprint density at radius 1 is 1.00 bits per heavy atom. The van der Waals surface area contributed by atoms with Crippen LogP contribution in [0.2, 0.25) is 0 Å². The van der Waals surface area contributed by atoms with Crippen molar-refractivity contribution in [3.05, 3.63) is 77.0 Å². The van der Waals surface area contributed by atoms with E-state index < -0.39 is 0 Å². The van der Waals surface area contributed by atoms with Gasteiger partial charge >= 0.3 is 0 Å². The van der Waals surface area contributed by atoms with Crippen molar-refractivity contribution in [3.63, 3.8) is 0 Å². The molecule has 0 saturated heterocycles. The summed E-state index contributed by atoms with van der Waals surface area (Å²) in [5, 5.41) is 4.94. The summed E-state index contributed by atoms with van der Waals surface area (Å²) in [6, 6.07) is 14.4. The highest BCUT2D eigenvalue weighted by molar-refractivity contribution is 5.92. The van der Waals surface area contributed by atoms with E-state index in [1.54, 1.807) is 24.4 Å². The van der Waals surface area contributed by atoms with Gasteiger partial charge < -0.3 is 9.47 Å². The maximum absolute atomic E-state index is 13.3. The molecule has 2 aromatic heterocycles. The van der Waals surface area contributed by atoms with Crippen molar-refractivity contribution >= 4 is 10.9 Å². The highest BCUT2D eigenvalue weighted by atomic mass is 19.1. The highest BCUT2D eigenvalue weighted by Gasteiger charge is 2.23. The first-order valence-electron chi connectivity index (χ1n) is 8.25. The van der Waals surface area contributed by atoms with Crippen LogP contribution in [0.3, 0.4) is 0 Å². The zero-order valence-corrected chi connectivity index (χ0v) is 13.9. The van der Waals surface area contributed by atoms with E-state index in [1.807, 2.05) is 12.1 Å². The Labute approximate surface area is 152 Å². The van der Waals surface area contributed by atoms with Crippen molar-refractivity contribution < 1.29 is 13.9 Å². The third-order valence-corrected chi connectivity index (χ3v) is 4.38. The lowest BCUT2D eigenvalue weighted by Gasteiger charge is -2.12. The van der Waals surface area contributed by atoms with E-state index in [9.17, 15) is 9.18 Å². The Morgan fingerprint density at radius 2 is 1.85 bits per heavy atom. The van der Waals surface area contributed by atoms with E-state index in [0.29, 0.717) is 39.3 Å². The van der Waals surface area contributed by atoms with E-state index in [-0.39, 0.29) is 18.2 Å². The average Bonchev–Trinajstić information content (AvgIpc) is 3.18. The molecule has 1 aliphatic rings.